The van der Waals surface area contributed by atoms with Gasteiger partial charge in [0.2, 0.25) is 0 Å². The van der Waals surface area contributed by atoms with Crippen LogP contribution in [-0.4, -0.2) is 42.3 Å². The molecule has 3 rings (SSSR count). The molecular formula is C19H24N2O3S. The van der Waals surface area contributed by atoms with Gasteiger partial charge in [0, 0.05) is 13.1 Å². The Hall–Kier alpha value is -1.95. The van der Waals surface area contributed by atoms with Crippen LogP contribution in [0.3, 0.4) is 0 Å². The molecule has 0 unspecified atom stereocenters. The summed E-state index contributed by atoms with van der Waals surface area (Å²) in [4.78, 5) is 19.3. The van der Waals surface area contributed by atoms with E-state index < -0.39 is 0 Å². The van der Waals surface area contributed by atoms with Crippen LogP contribution in [0.25, 0.3) is 6.08 Å². The van der Waals surface area contributed by atoms with Gasteiger partial charge in [0.1, 0.15) is 0 Å². The van der Waals surface area contributed by atoms with Gasteiger partial charge in [0.05, 0.1) is 18.1 Å². The average molecular weight is 360 g/mol. The van der Waals surface area contributed by atoms with Gasteiger partial charge in [-0.3, -0.25) is 4.79 Å². The van der Waals surface area contributed by atoms with Crippen molar-refractivity contribution in [2.45, 2.75) is 39.2 Å². The predicted molar refractivity (Wildman–Crippen MR) is 102 cm³/mol. The third-order valence-electron chi connectivity index (χ3n) is 4.08. The highest BCUT2D eigenvalue weighted by molar-refractivity contribution is 8.18. The minimum Gasteiger partial charge on any atom is -0.493 e. The van der Waals surface area contributed by atoms with E-state index in [-0.39, 0.29) is 12.0 Å². The lowest BCUT2D eigenvalue weighted by molar-refractivity contribution is -0.113. The van der Waals surface area contributed by atoms with Crippen molar-refractivity contribution < 1.29 is 14.3 Å². The van der Waals surface area contributed by atoms with Gasteiger partial charge in [-0.05, 0) is 68.6 Å². The number of methoxy groups -OCH3 is 1. The van der Waals surface area contributed by atoms with E-state index in [1.54, 1.807) is 7.11 Å². The predicted octanol–water partition coefficient (Wildman–Crippen LogP) is 3.94. The number of ether oxygens (including phenoxy) is 2. The van der Waals surface area contributed by atoms with Gasteiger partial charge in [-0.25, -0.2) is 0 Å². The number of aliphatic imine (C=N–C) groups is 1. The zero-order valence-electron chi connectivity index (χ0n) is 14.9. The van der Waals surface area contributed by atoms with Crippen LogP contribution in [0.15, 0.2) is 28.1 Å². The van der Waals surface area contributed by atoms with Crippen LogP contribution in [-0.2, 0) is 4.79 Å². The number of likely N-dealkylation sites (tertiary alicyclic amines) is 1. The van der Waals surface area contributed by atoms with Crippen molar-refractivity contribution >= 4 is 28.9 Å². The summed E-state index contributed by atoms with van der Waals surface area (Å²) < 4.78 is 11.1. The van der Waals surface area contributed by atoms with Crippen molar-refractivity contribution in [3.8, 4) is 11.5 Å². The second-order valence-corrected chi connectivity index (χ2v) is 7.44. The van der Waals surface area contributed by atoms with Crippen molar-refractivity contribution in [3.63, 3.8) is 0 Å². The molecule has 0 saturated carbocycles. The van der Waals surface area contributed by atoms with Gasteiger partial charge in [-0.2, -0.15) is 4.99 Å². The van der Waals surface area contributed by atoms with E-state index in [0.717, 1.165) is 23.8 Å². The number of hydrogen-bond donors (Lipinski definition) is 0. The molecule has 1 saturated heterocycles. The number of hydrogen-bond acceptors (Lipinski definition) is 5. The van der Waals surface area contributed by atoms with Gasteiger partial charge < -0.3 is 14.4 Å². The first-order valence-electron chi connectivity index (χ1n) is 8.69. The van der Waals surface area contributed by atoms with Crippen LogP contribution in [0.4, 0.5) is 0 Å². The van der Waals surface area contributed by atoms with Gasteiger partial charge >= 0.3 is 0 Å². The number of rotatable bonds is 4. The van der Waals surface area contributed by atoms with Crippen molar-refractivity contribution in [2.75, 3.05) is 20.2 Å². The Morgan fingerprint density at radius 2 is 1.96 bits per heavy atom. The maximum atomic E-state index is 12.2. The van der Waals surface area contributed by atoms with E-state index in [2.05, 4.69) is 9.89 Å². The monoisotopic (exact) mass is 360 g/mol. The lowest BCUT2D eigenvalue weighted by atomic mass is 10.1. The van der Waals surface area contributed by atoms with E-state index in [9.17, 15) is 4.79 Å². The van der Waals surface area contributed by atoms with E-state index in [4.69, 9.17) is 9.47 Å². The molecule has 0 radical (unpaired) electrons. The highest BCUT2D eigenvalue weighted by atomic mass is 32.2. The molecule has 0 bridgehead atoms. The maximum Gasteiger partial charge on any atom is 0.286 e. The molecule has 2 aliphatic heterocycles. The Balaban J connectivity index is 1.76. The Bertz CT molecular complexity index is 707. The van der Waals surface area contributed by atoms with Crippen LogP contribution in [0.2, 0.25) is 0 Å². The Labute approximate surface area is 153 Å². The molecule has 25 heavy (non-hydrogen) atoms. The van der Waals surface area contributed by atoms with Crippen molar-refractivity contribution in [2.24, 2.45) is 4.99 Å². The van der Waals surface area contributed by atoms with Crippen LogP contribution < -0.4 is 9.47 Å². The largest absolute Gasteiger partial charge is 0.493 e. The molecule has 1 aromatic rings. The molecule has 1 aromatic carbocycles. The summed E-state index contributed by atoms with van der Waals surface area (Å²) in [6, 6.07) is 5.69. The zero-order valence-corrected chi connectivity index (χ0v) is 15.8. The Morgan fingerprint density at radius 1 is 1.20 bits per heavy atom. The number of amidine groups is 1. The molecule has 1 amide bonds. The van der Waals surface area contributed by atoms with E-state index >= 15 is 0 Å². The first-order chi connectivity index (χ1) is 12.1. The lowest BCUT2D eigenvalue weighted by Gasteiger charge is -2.27. The van der Waals surface area contributed by atoms with Gasteiger partial charge in [0.15, 0.2) is 16.7 Å². The van der Waals surface area contributed by atoms with Crippen LogP contribution in [0.5, 0.6) is 11.5 Å². The highest BCUT2D eigenvalue weighted by Gasteiger charge is 2.27. The van der Waals surface area contributed by atoms with Crippen molar-refractivity contribution in [1.82, 2.24) is 4.90 Å². The molecule has 134 valence electrons. The fourth-order valence-corrected chi connectivity index (χ4v) is 3.86. The smallest absolute Gasteiger partial charge is 0.286 e. The summed E-state index contributed by atoms with van der Waals surface area (Å²) in [7, 11) is 1.62. The minimum absolute atomic E-state index is 0.0746. The van der Waals surface area contributed by atoms with Crippen LogP contribution in [0.1, 0.15) is 38.7 Å². The summed E-state index contributed by atoms with van der Waals surface area (Å²) in [5.74, 6) is 1.21. The molecule has 2 aliphatic rings. The van der Waals surface area contributed by atoms with Crippen LogP contribution >= 0.6 is 11.8 Å². The minimum atomic E-state index is -0.160. The third kappa shape index (κ3) is 4.37. The molecule has 0 spiro atoms. The molecule has 1 fully saturated rings. The quantitative estimate of drug-likeness (QED) is 0.761. The normalized spacial score (nSPS) is 19.5. The number of nitrogens with zero attached hydrogens (tertiary/aromatic N) is 2. The van der Waals surface area contributed by atoms with Crippen molar-refractivity contribution in [1.29, 1.82) is 0 Å². The standard InChI is InChI=1S/C19H24N2O3S/c1-13(2)24-15-8-7-14(11-16(15)23-3)12-17-18(22)20-19(25-17)21-9-5-4-6-10-21/h7-8,11-13H,4-6,9-10H2,1-3H3/b17-12-. The van der Waals surface area contributed by atoms with Gasteiger partial charge in [-0.15, -0.1) is 0 Å². The third-order valence-corrected chi connectivity index (χ3v) is 5.13. The van der Waals surface area contributed by atoms with E-state index in [0.29, 0.717) is 16.4 Å². The lowest BCUT2D eigenvalue weighted by Crippen LogP contribution is -2.33. The van der Waals surface area contributed by atoms with E-state index in [1.165, 1.54) is 31.0 Å². The van der Waals surface area contributed by atoms with E-state index in [1.807, 2.05) is 38.1 Å². The molecule has 6 heteroatoms. The zero-order chi connectivity index (χ0) is 17.8. The fourth-order valence-electron chi connectivity index (χ4n) is 2.90. The molecular weight excluding hydrogens is 336 g/mol. The first-order valence-corrected chi connectivity index (χ1v) is 9.50. The summed E-state index contributed by atoms with van der Waals surface area (Å²) in [5.41, 5.74) is 0.902. The van der Waals surface area contributed by atoms with Crippen LogP contribution in [0, 0.1) is 0 Å². The fraction of sp³-hybridized carbons (Fsp3) is 0.474. The molecule has 2 heterocycles. The summed E-state index contributed by atoms with van der Waals surface area (Å²) >= 11 is 1.46. The SMILES string of the molecule is COc1cc(/C=C2\SC(N3CCCCC3)=NC2=O)ccc1OC(C)C. The second-order valence-electron chi connectivity index (χ2n) is 6.43. The van der Waals surface area contributed by atoms with Gasteiger partial charge in [-0.1, -0.05) is 6.07 Å². The summed E-state index contributed by atoms with van der Waals surface area (Å²) in [6.07, 6.45) is 5.54. The number of carbonyl (C=O) groups excluding carboxylic acids is 1. The topological polar surface area (TPSA) is 51.1 Å². The number of thioether (sulfide) groups is 1. The molecule has 0 aliphatic carbocycles. The Morgan fingerprint density at radius 3 is 2.64 bits per heavy atom. The maximum absolute atomic E-state index is 12.2. The molecule has 0 atom stereocenters. The molecule has 5 nitrogen and oxygen atoms in total. The summed E-state index contributed by atoms with van der Waals surface area (Å²) in [6.45, 7) is 5.92. The Kier molecular flexibility index (Phi) is 5.68. The first kappa shape index (κ1) is 17.9. The van der Waals surface area contributed by atoms with Gasteiger partial charge in [0.25, 0.3) is 5.91 Å². The highest BCUT2D eigenvalue weighted by Crippen LogP contribution is 2.34. The second kappa shape index (κ2) is 7.95. The van der Waals surface area contributed by atoms with Crippen molar-refractivity contribution in [3.05, 3.63) is 28.7 Å². The number of piperidine rings is 1. The average Bonchev–Trinajstić information content (AvgIpc) is 2.97. The molecule has 0 N–H and O–H groups in total. The molecule has 0 aromatic heterocycles. The summed E-state index contributed by atoms with van der Waals surface area (Å²) in [5, 5.41) is 0.836. The number of carbonyl (C=O) groups is 1. The number of amides is 1. The number of benzene rings is 1.